The summed E-state index contributed by atoms with van der Waals surface area (Å²) in [5, 5.41) is 2.98. The molecule has 2 aromatic rings. The standard InChI is InChI=1S/C19H23FN4O/c1-14-3-4-17(15(2)11-14)22-19(25)13-23-7-9-24(10-8-23)16-5-6-21-18(20)12-16/h3-6,11-12H,7-10,13H2,1-2H3,(H,22,25). The van der Waals surface area contributed by atoms with Crippen molar-refractivity contribution in [2.45, 2.75) is 13.8 Å². The van der Waals surface area contributed by atoms with Crippen molar-refractivity contribution in [3.8, 4) is 0 Å². The summed E-state index contributed by atoms with van der Waals surface area (Å²) in [5.74, 6) is -0.469. The molecule has 1 amide bonds. The Labute approximate surface area is 147 Å². The Balaban J connectivity index is 1.51. The predicted molar refractivity (Wildman–Crippen MR) is 97.4 cm³/mol. The number of benzene rings is 1. The van der Waals surface area contributed by atoms with Crippen molar-refractivity contribution in [3.63, 3.8) is 0 Å². The number of nitrogens with zero attached hydrogens (tertiary/aromatic N) is 3. The monoisotopic (exact) mass is 342 g/mol. The number of rotatable bonds is 4. The molecule has 0 atom stereocenters. The van der Waals surface area contributed by atoms with Crippen LogP contribution in [0.4, 0.5) is 15.8 Å². The van der Waals surface area contributed by atoms with Crippen LogP contribution in [0.2, 0.25) is 0 Å². The number of amides is 1. The lowest BCUT2D eigenvalue weighted by Gasteiger charge is -2.35. The first-order chi connectivity index (χ1) is 12.0. The summed E-state index contributed by atoms with van der Waals surface area (Å²) in [6.07, 6.45) is 1.48. The lowest BCUT2D eigenvalue weighted by Crippen LogP contribution is -2.48. The zero-order valence-electron chi connectivity index (χ0n) is 14.6. The van der Waals surface area contributed by atoms with Crippen molar-refractivity contribution in [1.29, 1.82) is 0 Å². The third-order valence-corrected chi connectivity index (χ3v) is 4.47. The molecule has 1 saturated heterocycles. The third-order valence-electron chi connectivity index (χ3n) is 4.47. The minimum atomic E-state index is -0.465. The quantitative estimate of drug-likeness (QED) is 0.868. The molecule has 0 unspecified atom stereocenters. The van der Waals surface area contributed by atoms with Gasteiger partial charge in [0.2, 0.25) is 11.9 Å². The molecular weight excluding hydrogens is 319 g/mol. The highest BCUT2D eigenvalue weighted by Gasteiger charge is 2.19. The topological polar surface area (TPSA) is 48.5 Å². The molecule has 0 bridgehead atoms. The van der Waals surface area contributed by atoms with Crippen LogP contribution in [-0.2, 0) is 4.79 Å². The number of carbonyl (C=O) groups is 1. The van der Waals surface area contributed by atoms with Crippen molar-refractivity contribution in [2.75, 3.05) is 42.9 Å². The highest BCUT2D eigenvalue weighted by Crippen LogP contribution is 2.18. The molecule has 1 aliphatic heterocycles. The van der Waals surface area contributed by atoms with Crippen molar-refractivity contribution in [3.05, 3.63) is 53.6 Å². The number of halogens is 1. The van der Waals surface area contributed by atoms with Gasteiger partial charge in [-0.15, -0.1) is 0 Å². The summed E-state index contributed by atoms with van der Waals surface area (Å²) in [4.78, 5) is 20.1. The fourth-order valence-electron chi connectivity index (χ4n) is 3.10. The van der Waals surface area contributed by atoms with E-state index in [2.05, 4.69) is 26.2 Å². The molecule has 1 aromatic carbocycles. The number of hydrogen-bond donors (Lipinski definition) is 1. The number of nitrogens with one attached hydrogen (secondary N) is 1. The molecule has 6 heteroatoms. The number of carbonyl (C=O) groups excluding carboxylic acids is 1. The van der Waals surface area contributed by atoms with Gasteiger partial charge in [0.1, 0.15) is 0 Å². The normalized spacial score (nSPS) is 15.2. The first-order valence-electron chi connectivity index (χ1n) is 8.47. The minimum Gasteiger partial charge on any atom is -0.369 e. The highest BCUT2D eigenvalue weighted by atomic mass is 19.1. The Bertz CT molecular complexity index is 757. The molecule has 3 rings (SSSR count). The van der Waals surface area contributed by atoms with Crippen LogP contribution in [-0.4, -0.2) is 48.5 Å². The van der Waals surface area contributed by atoms with E-state index in [0.29, 0.717) is 6.54 Å². The molecule has 5 nitrogen and oxygen atoms in total. The number of pyridine rings is 1. The predicted octanol–water partition coefficient (Wildman–Crippen LogP) is 2.60. The van der Waals surface area contributed by atoms with Crippen molar-refractivity contribution in [2.24, 2.45) is 0 Å². The lowest BCUT2D eigenvalue weighted by atomic mass is 10.1. The van der Waals surface area contributed by atoms with Crippen LogP contribution in [0.25, 0.3) is 0 Å². The molecule has 0 spiro atoms. The van der Waals surface area contributed by atoms with Gasteiger partial charge in [0.25, 0.3) is 0 Å². The molecule has 1 N–H and O–H groups in total. The Morgan fingerprint density at radius 1 is 1.16 bits per heavy atom. The number of piperazine rings is 1. The molecule has 1 fully saturated rings. The number of hydrogen-bond acceptors (Lipinski definition) is 4. The summed E-state index contributed by atoms with van der Waals surface area (Å²) in [6.45, 7) is 7.46. The van der Waals surface area contributed by atoms with Gasteiger partial charge in [-0.05, 0) is 31.5 Å². The largest absolute Gasteiger partial charge is 0.369 e. The van der Waals surface area contributed by atoms with E-state index >= 15 is 0 Å². The van der Waals surface area contributed by atoms with E-state index in [4.69, 9.17) is 0 Å². The van der Waals surface area contributed by atoms with Gasteiger partial charge < -0.3 is 10.2 Å². The lowest BCUT2D eigenvalue weighted by molar-refractivity contribution is -0.117. The van der Waals surface area contributed by atoms with E-state index in [-0.39, 0.29) is 5.91 Å². The molecule has 0 radical (unpaired) electrons. The fourth-order valence-corrected chi connectivity index (χ4v) is 3.10. The van der Waals surface area contributed by atoms with Crippen LogP contribution in [0.3, 0.4) is 0 Å². The molecular formula is C19H23FN4O. The van der Waals surface area contributed by atoms with Gasteiger partial charge in [-0.2, -0.15) is 4.39 Å². The van der Waals surface area contributed by atoms with Crippen LogP contribution in [0, 0.1) is 19.8 Å². The summed E-state index contributed by atoms with van der Waals surface area (Å²) < 4.78 is 13.2. The fraction of sp³-hybridized carbons (Fsp3) is 0.368. The van der Waals surface area contributed by atoms with Crippen LogP contribution in [0.15, 0.2) is 36.5 Å². The molecule has 25 heavy (non-hydrogen) atoms. The maximum atomic E-state index is 13.2. The Morgan fingerprint density at radius 3 is 2.60 bits per heavy atom. The van der Waals surface area contributed by atoms with Gasteiger partial charge >= 0.3 is 0 Å². The van der Waals surface area contributed by atoms with Gasteiger partial charge in [-0.25, -0.2) is 4.98 Å². The summed E-state index contributed by atoms with van der Waals surface area (Å²) in [7, 11) is 0. The van der Waals surface area contributed by atoms with Gasteiger partial charge in [0.05, 0.1) is 6.54 Å². The second-order valence-electron chi connectivity index (χ2n) is 6.47. The number of aryl methyl sites for hydroxylation is 2. The van der Waals surface area contributed by atoms with Crippen molar-refractivity contribution >= 4 is 17.3 Å². The van der Waals surface area contributed by atoms with Gasteiger partial charge in [-0.1, -0.05) is 17.7 Å². The van der Waals surface area contributed by atoms with Gasteiger partial charge in [-0.3, -0.25) is 9.69 Å². The van der Waals surface area contributed by atoms with E-state index in [9.17, 15) is 9.18 Å². The van der Waals surface area contributed by atoms with Crippen molar-refractivity contribution < 1.29 is 9.18 Å². The van der Waals surface area contributed by atoms with Gasteiger partial charge in [0.15, 0.2) is 0 Å². The second kappa shape index (κ2) is 7.61. The SMILES string of the molecule is Cc1ccc(NC(=O)CN2CCN(c3ccnc(F)c3)CC2)c(C)c1. The minimum absolute atomic E-state index is 0.00430. The van der Waals surface area contributed by atoms with E-state index in [1.807, 2.05) is 32.0 Å². The summed E-state index contributed by atoms with van der Waals surface area (Å²) in [5.41, 5.74) is 3.95. The number of anilines is 2. The summed E-state index contributed by atoms with van der Waals surface area (Å²) >= 11 is 0. The zero-order valence-corrected chi connectivity index (χ0v) is 14.6. The smallest absolute Gasteiger partial charge is 0.238 e. The molecule has 1 aliphatic rings. The Kier molecular flexibility index (Phi) is 5.28. The second-order valence-corrected chi connectivity index (χ2v) is 6.47. The van der Waals surface area contributed by atoms with Crippen LogP contribution < -0.4 is 10.2 Å². The molecule has 1 aromatic heterocycles. The molecule has 0 saturated carbocycles. The molecule has 2 heterocycles. The average Bonchev–Trinajstić information content (AvgIpc) is 2.58. The third kappa shape index (κ3) is 4.54. The average molecular weight is 342 g/mol. The zero-order chi connectivity index (χ0) is 17.8. The van der Waals surface area contributed by atoms with E-state index < -0.39 is 5.95 Å². The summed E-state index contributed by atoms with van der Waals surface area (Å²) in [6, 6.07) is 9.25. The Hall–Kier alpha value is -2.47. The molecule has 132 valence electrons. The Morgan fingerprint density at radius 2 is 1.92 bits per heavy atom. The highest BCUT2D eigenvalue weighted by molar-refractivity contribution is 5.93. The van der Waals surface area contributed by atoms with Crippen LogP contribution in [0.1, 0.15) is 11.1 Å². The van der Waals surface area contributed by atoms with Gasteiger partial charge in [0, 0.05) is 49.8 Å². The van der Waals surface area contributed by atoms with E-state index in [0.717, 1.165) is 43.1 Å². The van der Waals surface area contributed by atoms with E-state index in [1.54, 1.807) is 0 Å². The van der Waals surface area contributed by atoms with E-state index in [1.165, 1.54) is 17.8 Å². The van der Waals surface area contributed by atoms with Crippen LogP contribution in [0.5, 0.6) is 0 Å². The number of aromatic nitrogens is 1. The maximum absolute atomic E-state index is 13.2. The van der Waals surface area contributed by atoms with Crippen LogP contribution >= 0.6 is 0 Å². The van der Waals surface area contributed by atoms with Crippen molar-refractivity contribution in [1.82, 2.24) is 9.88 Å². The maximum Gasteiger partial charge on any atom is 0.238 e. The first kappa shape index (κ1) is 17.4. The molecule has 0 aliphatic carbocycles. The first-order valence-corrected chi connectivity index (χ1v) is 8.47.